The van der Waals surface area contributed by atoms with Crippen molar-refractivity contribution in [2.75, 3.05) is 26.5 Å². The van der Waals surface area contributed by atoms with Crippen molar-refractivity contribution in [3.05, 3.63) is 42.3 Å². The number of aryl methyl sites for hydroxylation is 1. The Hall–Kier alpha value is -2.31. The number of hydrogen-bond donors (Lipinski definition) is 2. The largest absolute Gasteiger partial charge is 0.487 e. The minimum absolute atomic E-state index is 0.140. The number of furan rings is 1. The van der Waals surface area contributed by atoms with Crippen LogP contribution in [0.3, 0.4) is 0 Å². The van der Waals surface area contributed by atoms with Crippen LogP contribution in [-0.2, 0) is 0 Å². The summed E-state index contributed by atoms with van der Waals surface area (Å²) >= 11 is 0. The number of nitrogens with zero attached hydrogens (tertiary/aromatic N) is 2. The van der Waals surface area contributed by atoms with Crippen LogP contribution in [0.25, 0.3) is 11.0 Å². The van der Waals surface area contributed by atoms with Crippen LogP contribution >= 0.6 is 0 Å². The lowest BCUT2D eigenvalue weighted by atomic mass is 10.0. The molecule has 2 aromatic rings. The molecule has 6 nitrogen and oxygen atoms in total. The Morgan fingerprint density at radius 2 is 2.08 bits per heavy atom. The molecular weight excluding hydrogens is 308 g/mol. The molecule has 128 valence electrons. The molecule has 3 rings (SSSR count). The molecule has 0 aliphatic carbocycles. The van der Waals surface area contributed by atoms with E-state index in [1.165, 1.54) is 0 Å². The summed E-state index contributed by atoms with van der Waals surface area (Å²) in [5.74, 6) is 1.63. The molecule has 6 heteroatoms. The van der Waals surface area contributed by atoms with E-state index in [0.29, 0.717) is 13.3 Å². The van der Waals surface area contributed by atoms with Gasteiger partial charge in [0.05, 0.1) is 24.5 Å². The molecule has 0 saturated heterocycles. The third kappa shape index (κ3) is 3.29. The van der Waals surface area contributed by atoms with E-state index < -0.39 is 5.54 Å². The quantitative estimate of drug-likeness (QED) is 0.848. The second-order valence-corrected chi connectivity index (χ2v) is 6.23. The van der Waals surface area contributed by atoms with E-state index in [1.807, 2.05) is 48.4 Å². The fourth-order valence-corrected chi connectivity index (χ4v) is 2.52. The van der Waals surface area contributed by atoms with Gasteiger partial charge >= 0.3 is 0 Å². The summed E-state index contributed by atoms with van der Waals surface area (Å²) in [4.78, 5) is 6.26. The molecular formula is C18H22N2O4. The molecule has 0 fully saturated rings. The summed E-state index contributed by atoms with van der Waals surface area (Å²) in [6.07, 6.45) is 3.67. The maximum atomic E-state index is 9.43. The average Bonchev–Trinajstić information content (AvgIpc) is 2.99. The average molecular weight is 330 g/mol. The van der Waals surface area contributed by atoms with E-state index in [9.17, 15) is 10.2 Å². The van der Waals surface area contributed by atoms with Gasteiger partial charge in [0.15, 0.2) is 0 Å². The minimum atomic E-state index is -0.712. The predicted molar refractivity (Wildman–Crippen MR) is 92.3 cm³/mol. The van der Waals surface area contributed by atoms with Crippen molar-refractivity contribution in [2.24, 2.45) is 4.99 Å². The Morgan fingerprint density at radius 1 is 1.29 bits per heavy atom. The first-order chi connectivity index (χ1) is 11.5. The van der Waals surface area contributed by atoms with Gasteiger partial charge in [-0.1, -0.05) is 0 Å². The summed E-state index contributed by atoms with van der Waals surface area (Å²) < 4.78 is 11.3. The molecule has 0 bridgehead atoms. The van der Waals surface area contributed by atoms with Crippen LogP contribution in [-0.4, -0.2) is 52.9 Å². The molecule has 0 unspecified atom stereocenters. The fraction of sp³-hybridized carbons (Fsp3) is 0.389. The van der Waals surface area contributed by atoms with Gasteiger partial charge in [0.1, 0.15) is 30.4 Å². The summed E-state index contributed by atoms with van der Waals surface area (Å²) in [6.45, 7) is 4.17. The highest BCUT2D eigenvalue weighted by Gasteiger charge is 2.29. The fourth-order valence-electron chi connectivity index (χ4n) is 2.52. The van der Waals surface area contributed by atoms with Gasteiger partial charge in [0, 0.05) is 11.6 Å². The number of benzene rings is 1. The molecule has 2 N–H and O–H groups in total. The van der Waals surface area contributed by atoms with Crippen molar-refractivity contribution in [3.63, 3.8) is 0 Å². The lowest BCUT2D eigenvalue weighted by Crippen LogP contribution is -2.50. The Kier molecular flexibility index (Phi) is 4.59. The molecule has 0 amide bonds. The van der Waals surface area contributed by atoms with E-state index in [1.54, 1.807) is 6.92 Å². The molecule has 0 saturated carbocycles. The van der Waals surface area contributed by atoms with Crippen molar-refractivity contribution in [1.29, 1.82) is 0 Å². The zero-order valence-corrected chi connectivity index (χ0v) is 13.9. The third-order valence-electron chi connectivity index (χ3n) is 4.25. The van der Waals surface area contributed by atoms with Gasteiger partial charge in [-0.2, -0.15) is 0 Å². The SMILES string of the molecule is Cc1cc2cc(OCC3=NCN(C(C)(CO)CO)C=C3)ccc2o1. The Morgan fingerprint density at radius 3 is 2.75 bits per heavy atom. The topological polar surface area (TPSA) is 78.4 Å². The zero-order valence-electron chi connectivity index (χ0n) is 13.9. The van der Waals surface area contributed by atoms with Crippen molar-refractivity contribution < 1.29 is 19.4 Å². The maximum Gasteiger partial charge on any atom is 0.134 e. The first-order valence-corrected chi connectivity index (χ1v) is 7.87. The number of aliphatic hydroxyl groups excluding tert-OH is 2. The molecule has 1 aliphatic rings. The van der Waals surface area contributed by atoms with Crippen LogP contribution in [0.2, 0.25) is 0 Å². The maximum absolute atomic E-state index is 9.43. The molecule has 1 aromatic heterocycles. The summed E-state index contributed by atoms with van der Waals surface area (Å²) in [6, 6.07) is 7.69. The smallest absolute Gasteiger partial charge is 0.134 e. The number of aliphatic imine (C=N–C) groups is 1. The Balaban J connectivity index is 1.61. The van der Waals surface area contributed by atoms with E-state index in [4.69, 9.17) is 9.15 Å². The van der Waals surface area contributed by atoms with Crippen LogP contribution in [0.5, 0.6) is 5.75 Å². The van der Waals surface area contributed by atoms with Gasteiger partial charge in [0.25, 0.3) is 0 Å². The zero-order chi connectivity index (χ0) is 17.2. The minimum Gasteiger partial charge on any atom is -0.487 e. The molecule has 2 heterocycles. The van der Waals surface area contributed by atoms with Gasteiger partial charge < -0.3 is 24.3 Å². The molecule has 0 atom stereocenters. The lowest BCUT2D eigenvalue weighted by molar-refractivity contribution is 0.0294. The molecule has 1 aliphatic heterocycles. The summed E-state index contributed by atoms with van der Waals surface area (Å²) in [5.41, 5.74) is 0.946. The van der Waals surface area contributed by atoms with Gasteiger partial charge in [0.2, 0.25) is 0 Å². The standard InChI is InChI=1S/C18H22N2O4/c1-13-7-14-8-16(3-4-17(14)24-13)23-9-15-5-6-20(12-19-15)18(2,10-21)11-22/h3-8,21-22H,9-12H2,1-2H3. The third-order valence-corrected chi connectivity index (χ3v) is 4.25. The van der Waals surface area contributed by atoms with Crippen LogP contribution in [0.4, 0.5) is 0 Å². The molecule has 0 radical (unpaired) electrons. The van der Waals surface area contributed by atoms with Crippen molar-refractivity contribution in [2.45, 2.75) is 19.4 Å². The van der Waals surface area contributed by atoms with E-state index >= 15 is 0 Å². The van der Waals surface area contributed by atoms with Crippen molar-refractivity contribution >= 4 is 16.7 Å². The second kappa shape index (κ2) is 6.67. The number of aliphatic hydroxyl groups is 2. The van der Waals surface area contributed by atoms with Crippen LogP contribution in [0.1, 0.15) is 12.7 Å². The lowest BCUT2D eigenvalue weighted by Gasteiger charge is -2.38. The molecule has 24 heavy (non-hydrogen) atoms. The van der Waals surface area contributed by atoms with E-state index in [0.717, 1.165) is 28.2 Å². The van der Waals surface area contributed by atoms with E-state index in [2.05, 4.69) is 4.99 Å². The number of fused-ring (bicyclic) bond motifs is 1. The first-order valence-electron chi connectivity index (χ1n) is 7.87. The summed E-state index contributed by atoms with van der Waals surface area (Å²) in [7, 11) is 0. The number of hydrogen-bond acceptors (Lipinski definition) is 6. The highest BCUT2D eigenvalue weighted by Crippen LogP contribution is 2.24. The highest BCUT2D eigenvalue weighted by atomic mass is 16.5. The Labute approximate surface area is 140 Å². The number of ether oxygens (including phenoxy) is 1. The van der Waals surface area contributed by atoms with Gasteiger partial charge in [-0.3, -0.25) is 4.99 Å². The van der Waals surface area contributed by atoms with Gasteiger partial charge in [-0.25, -0.2) is 0 Å². The van der Waals surface area contributed by atoms with Crippen molar-refractivity contribution in [3.8, 4) is 5.75 Å². The van der Waals surface area contributed by atoms with Crippen LogP contribution in [0.15, 0.2) is 46.0 Å². The number of rotatable bonds is 6. The van der Waals surface area contributed by atoms with Crippen molar-refractivity contribution in [1.82, 2.24) is 4.90 Å². The molecule has 1 aromatic carbocycles. The predicted octanol–water partition coefficient (Wildman–Crippen LogP) is 2.09. The first kappa shape index (κ1) is 16.5. The van der Waals surface area contributed by atoms with Gasteiger partial charge in [-0.05, 0) is 44.2 Å². The van der Waals surface area contributed by atoms with Gasteiger partial charge in [-0.15, -0.1) is 0 Å². The van der Waals surface area contributed by atoms with Crippen LogP contribution < -0.4 is 4.74 Å². The molecule has 0 spiro atoms. The van der Waals surface area contributed by atoms with E-state index in [-0.39, 0.29) is 13.2 Å². The second-order valence-electron chi connectivity index (χ2n) is 6.23. The summed E-state index contributed by atoms with van der Waals surface area (Å²) in [5, 5.41) is 19.9. The Bertz CT molecular complexity index is 774. The van der Waals surface area contributed by atoms with Crippen LogP contribution in [0, 0.1) is 6.92 Å². The monoisotopic (exact) mass is 330 g/mol. The normalized spacial score (nSPS) is 15.0. The highest BCUT2D eigenvalue weighted by molar-refractivity contribution is 5.96.